The molecule has 0 aliphatic rings. The molecule has 0 amide bonds. The van der Waals surface area contributed by atoms with Crippen molar-refractivity contribution in [3.05, 3.63) is 39.4 Å². The van der Waals surface area contributed by atoms with Crippen LogP contribution in [0.4, 0.5) is 5.69 Å². The summed E-state index contributed by atoms with van der Waals surface area (Å²) in [6.45, 7) is 5.47. The molecule has 0 spiro atoms. The Morgan fingerprint density at radius 3 is 2.86 bits per heavy atom. The minimum absolute atomic E-state index is 0.316. The number of aryl methyl sites for hydroxylation is 1. The summed E-state index contributed by atoms with van der Waals surface area (Å²) >= 11 is 4.57. The summed E-state index contributed by atoms with van der Waals surface area (Å²) in [6.07, 6.45) is 3.09. The number of sulfonamides is 1. The number of pyridine rings is 1. The van der Waals surface area contributed by atoms with Gasteiger partial charge in [0.25, 0.3) is 10.0 Å². The maximum absolute atomic E-state index is 12.4. The molecule has 0 aliphatic heterocycles. The SMILES string of the molecule is CCNCc1sc(S(=O)(=O)Nc2ccncc2Br)cc1C. The first-order valence-electron chi connectivity index (χ1n) is 6.36. The molecule has 0 bridgehead atoms. The van der Waals surface area contributed by atoms with E-state index in [-0.39, 0.29) is 0 Å². The highest BCUT2D eigenvalue weighted by Crippen LogP contribution is 2.29. The fourth-order valence-electron chi connectivity index (χ4n) is 1.69. The largest absolute Gasteiger partial charge is 0.312 e. The predicted molar refractivity (Wildman–Crippen MR) is 89.2 cm³/mol. The lowest BCUT2D eigenvalue weighted by atomic mass is 10.3. The summed E-state index contributed by atoms with van der Waals surface area (Å²) in [5.74, 6) is 0. The summed E-state index contributed by atoms with van der Waals surface area (Å²) in [5, 5.41) is 3.21. The van der Waals surface area contributed by atoms with E-state index in [2.05, 4.69) is 31.0 Å². The van der Waals surface area contributed by atoms with Crippen molar-refractivity contribution in [2.24, 2.45) is 0 Å². The molecule has 0 unspecified atom stereocenters. The van der Waals surface area contributed by atoms with Crippen LogP contribution in [0.5, 0.6) is 0 Å². The maximum atomic E-state index is 12.4. The molecule has 21 heavy (non-hydrogen) atoms. The Bertz CT molecular complexity index is 729. The van der Waals surface area contributed by atoms with Crippen LogP contribution in [-0.4, -0.2) is 19.9 Å². The first-order chi connectivity index (χ1) is 9.94. The average Bonchev–Trinajstić information content (AvgIpc) is 2.81. The predicted octanol–water partition coefficient (Wildman–Crippen LogP) is 3.12. The highest BCUT2D eigenvalue weighted by Gasteiger charge is 2.19. The van der Waals surface area contributed by atoms with Gasteiger partial charge < -0.3 is 5.32 Å². The molecule has 0 aromatic carbocycles. The number of thiophene rings is 1. The Kier molecular flexibility index (Phi) is 5.37. The van der Waals surface area contributed by atoms with Crippen LogP contribution in [0.2, 0.25) is 0 Å². The summed E-state index contributed by atoms with van der Waals surface area (Å²) in [7, 11) is -3.58. The van der Waals surface area contributed by atoms with E-state index in [9.17, 15) is 8.42 Å². The topological polar surface area (TPSA) is 71.1 Å². The zero-order valence-corrected chi connectivity index (χ0v) is 14.9. The molecule has 114 valence electrons. The van der Waals surface area contributed by atoms with Gasteiger partial charge in [-0.2, -0.15) is 0 Å². The standard InChI is InChI=1S/C13H16BrN3O2S2/c1-3-15-8-12-9(2)6-13(20-12)21(18,19)17-11-4-5-16-7-10(11)14/h4-7,15H,3,8H2,1-2H3,(H,16,17). The molecule has 2 heterocycles. The number of anilines is 1. The molecule has 8 heteroatoms. The fraction of sp³-hybridized carbons (Fsp3) is 0.308. The summed E-state index contributed by atoms with van der Waals surface area (Å²) in [5.41, 5.74) is 1.46. The molecular formula is C13H16BrN3O2S2. The second-order valence-electron chi connectivity index (χ2n) is 4.41. The van der Waals surface area contributed by atoms with Crippen LogP contribution in [0.3, 0.4) is 0 Å². The highest BCUT2D eigenvalue weighted by atomic mass is 79.9. The summed E-state index contributed by atoms with van der Waals surface area (Å²) in [6, 6.07) is 3.32. The van der Waals surface area contributed by atoms with Gasteiger partial charge in [-0.25, -0.2) is 8.42 Å². The highest BCUT2D eigenvalue weighted by molar-refractivity contribution is 9.10. The molecule has 2 aromatic rings. The van der Waals surface area contributed by atoms with E-state index in [1.807, 2.05) is 13.8 Å². The second-order valence-corrected chi connectivity index (χ2v) is 8.31. The number of aromatic nitrogens is 1. The number of halogens is 1. The zero-order valence-electron chi connectivity index (χ0n) is 11.7. The van der Waals surface area contributed by atoms with Crippen molar-refractivity contribution in [3.8, 4) is 0 Å². The average molecular weight is 390 g/mol. The lowest BCUT2D eigenvalue weighted by Crippen LogP contribution is -2.12. The summed E-state index contributed by atoms with van der Waals surface area (Å²) in [4.78, 5) is 4.95. The first-order valence-corrected chi connectivity index (χ1v) is 9.45. The van der Waals surface area contributed by atoms with Crippen LogP contribution in [0.25, 0.3) is 0 Å². The Labute approximate surface area is 137 Å². The van der Waals surface area contributed by atoms with Gasteiger partial charge in [0, 0.05) is 23.8 Å². The van der Waals surface area contributed by atoms with Crippen LogP contribution < -0.4 is 10.0 Å². The molecule has 0 fully saturated rings. The molecule has 5 nitrogen and oxygen atoms in total. The van der Waals surface area contributed by atoms with Gasteiger partial charge in [-0.1, -0.05) is 6.92 Å². The van der Waals surface area contributed by atoms with Crippen molar-refractivity contribution in [2.45, 2.75) is 24.6 Å². The monoisotopic (exact) mass is 389 g/mol. The molecule has 0 aliphatic carbocycles. The third-order valence-corrected chi connectivity index (χ3v) is 6.52. The molecule has 0 saturated carbocycles. The first kappa shape index (κ1) is 16.4. The quantitative estimate of drug-likeness (QED) is 0.795. The molecule has 2 N–H and O–H groups in total. The van der Waals surface area contributed by atoms with Gasteiger partial charge in [-0.15, -0.1) is 11.3 Å². The van der Waals surface area contributed by atoms with Crippen LogP contribution in [0, 0.1) is 6.92 Å². The third-order valence-electron chi connectivity index (χ3n) is 2.82. The Morgan fingerprint density at radius 1 is 1.43 bits per heavy atom. The number of nitrogens with one attached hydrogen (secondary N) is 2. The molecule has 2 rings (SSSR count). The Morgan fingerprint density at radius 2 is 2.19 bits per heavy atom. The van der Waals surface area contributed by atoms with Crippen LogP contribution in [-0.2, 0) is 16.6 Å². The van der Waals surface area contributed by atoms with E-state index in [0.29, 0.717) is 20.9 Å². The molecule has 0 saturated heterocycles. The minimum Gasteiger partial charge on any atom is -0.312 e. The molecular weight excluding hydrogens is 374 g/mol. The second kappa shape index (κ2) is 6.87. The van der Waals surface area contributed by atoms with E-state index in [4.69, 9.17) is 0 Å². The zero-order chi connectivity index (χ0) is 15.5. The van der Waals surface area contributed by atoms with Crippen molar-refractivity contribution in [2.75, 3.05) is 11.3 Å². The van der Waals surface area contributed by atoms with Gasteiger partial charge in [0.2, 0.25) is 0 Å². The van der Waals surface area contributed by atoms with E-state index in [1.165, 1.54) is 11.3 Å². The van der Waals surface area contributed by atoms with Crippen LogP contribution >= 0.6 is 27.3 Å². The normalized spacial score (nSPS) is 11.6. The smallest absolute Gasteiger partial charge is 0.271 e. The minimum atomic E-state index is -3.58. The number of rotatable bonds is 6. The van der Waals surface area contributed by atoms with Crippen molar-refractivity contribution < 1.29 is 8.42 Å². The van der Waals surface area contributed by atoms with Gasteiger partial charge >= 0.3 is 0 Å². The fourth-order valence-corrected chi connectivity index (χ4v) is 4.81. The lowest BCUT2D eigenvalue weighted by molar-refractivity contribution is 0.603. The van der Waals surface area contributed by atoms with Gasteiger partial charge in [-0.05, 0) is 47.1 Å². The third kappa shape index (κ3) is 4.03. The van der Waals surface area contributed by atoms with E-state index in [1.54, 1.807) is 24.5 Å². The van der Waals surface area contributed by atoms with Crippen molar-refractivity contribution in [1.29, 1.82) is 0 Å². The van der Waals surface area contributed by atoms with Gasteiger partial charge in [0.15, 0.2) is 0 Å². The molecule has 0 radical (unpaired) electrons. The maximum Gasteiger partial charge on any atom is 0.271 e. The van der Waals surface area contributed by atoms with Gasteiger partial charge in [0.1, 0.15) is 4.21 Å². The Balaban J connectivity index is 2.26. The van der Waals surface area contributed by atoms with Crippen molar-refractivity contribution >= 4 is 43.0 Å². The number of hydrogen-bond donors (Lipinski definition) is 2. The van der Waals surface area contributed by atoms with Crippen molar-refractivity contribution in [1.82, 2.24) is 10.3 Å². The number of hydrogen-bond acceptors (Lipinski definition) is 5. The van der Waals surface area contributed by atoms with Crippen molar-refractivity contribution in [3.63, 3.8) is 0 Å². The van der Waals surface area contributed by atoms with E-state index < -0.39 is 10.0 Å². The van der Waals surface area contributed by atoms with E-state index >= 15 is 0 Å². The molecule has 0 atom stereocenters. The van der Waals surface area contributed by atoms with Crippen LogP contribution in [0.15, 0.2) is 33.2 Å². The van der Waals surface area contributed by atoms with E-state index in [0.717, 1.165) is 17.0 Å². The summed E-state index contributed by atoms with van der Waals surface area (Å²) < 4.78 is 28.4. The van der Waals surface area contributed by atoms with Gasteiger partial charge in [0.05, 0.1) is 10.2 Å². The molecule has 2 aromatic heterocycles. The number of nitrogens with zero attached hydrogens (tertiary/aromatic N) is 1. The van der Waals surface area contributed by atoms with Crippen LogP contribution in [0.1, 0.15) is 17.4 Å². The van der Waals surface area contributed by atoms with Gasteiger partial charge in [-0.3, -0.25) is 9.71 Å². The lowest BCUT2D eigenvalue weighted by Gasteiger charge is -2.07. The Hall–Kier alpha value is -0.960.